The molecule has 0 radical (unpaired) electrons. The van der Waals surface area contributed by atoms with Gasteiger partial charge in [-0.3, -0.25) is 4.79 Å². The van der Waals surface area contributed by atoms with Crippen LogP contribution in [0.3, 0.4) is 0 Å². The summed E-state index contributed by atoms with van der Waals surface area (Å²) in [6.07, 6.45) is 2.03. The summed E-state index contributed by atoms with van der Waals surface area (Å²) in [6, 6.07) is 6.07. The van der Waals surface area contributed by atoms with Crippen molar-refractivity contribution in [2.75, 3.05) is 0 Å². The molecule has 0 bridgehead atoms. The van der Waals surface area contributed by atoms with E-state index in [9.17, 15) is 9.59 Å². The molecule has 0 saturated heterocycles. The van der Waals surface area contributed by atoms with Gasteiger partial charge in [0.1, 0.15) is 0 Å². The van der Waals surface area contributed by atoms with E-state index in [-0.39, 0.29) is 17.5 Å². The molecule has 0 spiro atoms. The Kier molecular flexibility index (Phi) is 5.55. The number of hydrogen-bond acceptors (Lipinski definition) is 2. The van der Waals surface area contributed by atoms with Crippen molar-refractivity contribution in [2.45, 2.75) is 39.7 Å². The highest BCUT2D eigenvalue weighted by Gasteiger charge is 2.12. The normalized spacial score (nSPS) is 13.6. The summed E-state index contributed by atoms with van der Waals surface area (Å²) in [5.41, 5.74) is 0.671. The molecule has 4 heteroatoms. The van der Waals surface area contributed by atoms with Crippen molar-refractivity contribution in [3.63, 3.8) is 0 Å². The first-order valence-electron chi connectivity index (χ1n) is 6.58. The van der Waals surface area contributed by atoms with Crippen LogP contribution in [0.25, 0.3) is 0 Å². The molecule has 1 aromatic rings. The summed E-state index contributed by atoms with van der Waals surface area (Å²) in [5, 5.41) is 11.7. The molecule has 0 aliphatic rings. The quantitative estimate of drug-likeness (QED) is 0.829. The van der Waals surface area contributed by atoms with Crippen LogP contribution in [-0.4, -0.2) is 23.0 Å². The fourth-order valence-electron chi connectivity index (χ4n) is 1.90. The maximum atomic E-state index is 11.9. The molecule has 2 N–H and O–H groups in total. The Morgan fingerprint density at radius 3 is 2.16 bits per heavy atom. The van der Waals surface area contributed by atoms with E-state index in [1.807, 2.05) is 6.92 Å². The summed E-state index contributed by atoms with van der Waals surface area (Å²) in [6.45, 7) is 6.27. The zero-order chi connectivity index (χ0) is 14.4. The molecule has 2 unspecified atom stereocenters. The standard InChI is InChI=1S/C15H21NO3/c1-4-10(2)9-11(3)16-14(17)12-5-7-13(8-6-12)15(18)19/h5-8,10-11H,4,9H2,1-3H3,(H,16,17)(H,18,19). The summed E-state index contributed by atoms with van der Waals surface area (Å²) in [7, 11) is 0. The van der Waals surface area contributed by atoms with Crippen molar-refractivity contribution in [2.24, 2.45) is 5.92 Å². The largest absolute Gasteiger partial charge is 0.478 e. The van der Waals surface area contributed by atoms with Crippen molar-refractivity contribution in [3.8, 4) is 0 Å². The van der Waals surface area contributed by atoms with E-state index in [1.165, 1.54) is 24.3 Å². The molecule has 1 rings (SSSR count). The van der Waals surface area contributed by atoms with Crippen LogP contribution in [0.1, 0.15) is 54.3 Å². The second kappa shape index (κ2) is 6.92. The van der Waals surface area contributed by atoms with Gasteiger partial charge in [0, 0.05) is 11.6 Å². The number of carbonyl (C=O) groups is 2. The molecule has 0 aliphatic carbocycles. The van der Waals surface area contributed by atoms with Crippen LogP contribution in [0, 0.1) is 5.92 Å². The van der Waals surface area contributed by atoms with Crippen molar-refractivity contribution in [1.82, 2.24) is 5.32 Å². The lowest BCUT2D eigenvalue weighted by Crippen LogP contribution is -2.33. The van der Waals surface area contributed by atoms with Crippen LogP contribution in [-0.2, 0) is 0 Å². The number of benzene rings is 1. The van der Waals surface area contributed by atoms with E-state index in [4.69, 9.17) is 5.11 Å². The Balaban J connectivity index is 2.60. The molecule has 2 atom stereocenters. The third kappa shape index (κ3) is 4.73. The first kappa shape index (κ1) is 15.2. The highest BCUT2D eigenvalue weighted by atomic mass is 16.4. The molecule has 19 heavy (non-hydrogen) atoms. The van der Waals surface area contributed by atoms with Crippen molar-refractivity contribution in [3.05, 3.63) is 35.4 Å². The molecule has 4 nitrogen and oxygen atoms in total. The zero-order valence-electron chi connectivity index (χ0n) is 11.6. The number of aromatic carboxylic acids is 1. The topological polar surface area (TPSA) is 66.4 Å². The number of carbonyl (C=O) groups excluding carboxylic acids is 1. The minimum atomic E-state index is -0.989. The number of carboxylic acid groups (broad SMARTS) is 1. The Hall–Kier alpha value is -1.84. The molecular weight excluding hydrogens is 242 g/mol. The predicted octanol–water partition coefficient (Wildman–Crippen LogP) is 2.94. The number of rotatable bonds is 6. The van der Waals surface area contributed by atoms with E-state index < -0.39 is 5.97 Å². The van der Waals surface area contributed by atoms with Gasteiger partial charge in [-0.05, 0) is 43.5 Å². The van der Waals surface area contributed by atoms with Gasteiger partial charge in [-0.25, -0.2) is 4.79 Å². The highest BCUT2D eigenvalue weighted by molar-refractivity contribution is 5.96. The number of amides is 1. The Morgan fingerprint density at radius 2 is 1.68 bits per heavy atom. The summed E-state index contributed by atoms with van der Waals surface area (Å²) in [5.74, 6) is -0.575. The van der Waals surface area contributed by atoms with Gasteiger partial charge in [0.2, 0.25) is 0 Å². The lowest BCUT2D eigenvalue weighted by Gasteiger charge is -2.17. The molecule has 1 amide bonds. The van der Waals surface area contributed by atoms with E-state index >= 15 is 0 Å². The second-order valence-corrected chi connectivity index (χ2v) is 5.01. The second-order valence-electron chi connectivity index (χ2n) is 5.01. The van der Waals surface area contributed by atoms with Gasteiger partial charge in [0.25, 0.3) is 5.91 Å². The number of nitrogens with one attached hydrogen (secondary N) is 1. The molecule has 0 aromatic heterocycles. The fraction of sp³-hybridized carbons (Fsp3) is 0.467. The van der Waals surface area contributed by atoms with Gasteiger partial charge in [0.05, 0.1) is 5.56 Å². The van der Waals surface area contributed by atoms with E-state index in [2.05, 4.69) is 19.2 Å². The molecular formula is C15H21NO3. The third-order valence-corrected chi connectivity index (χ3v) is 3.22. The summed E-state index contributed by atoms with van der Waals surface area (Å²) in [4.78, 5) is 22.7. The zero-order valence-corrected chi connectivity index (χ0v) is 11.6. The van der Waals surface area contributed by atoms with E-state index in [0.29, 0.717) is 11.5 Å². The predicted molar refractivity (Wildman–Crippen MR) is 74.4 cm³/mol. The first-order chi connectivity index (χ1) is 8.93. The van der Waals surface area contributed by atoms with E-state index in [0.717, 1.165) is 12.8 Å². The third-order valence-electron chi connectivity index (χ3n) is 3.22. The fourth-order valence-corrected chi connectivity index (χ4v) is 1.90. The summed E-state index contributed by atoms with van der Waals surface area (Å²) < 4.78 is 0. The van der Waals surface area contributed by atoms with Crippen LogP contribution in [0.2, 0.25) is 0 Å². The van der Waals surface area contributed by atoms with E-state index in [1.54, 1.807) is 0 Å². The lowest BCUT2D eigenvalue weighted by molar-refractivity contribution is 0.0696. The number of carboxylic acids is 1. The van der Waals surface area contributed by atoms with Crippen LogP contribution in [0.5, 0.6) is 0 Å². The molecule has 0 fully saturated rings. The van der Waals surface area contributed by atoms with Gasteiger partial charge >= 0.3 is 5.97 Å². The maximum absolute atomic E-state index is 11.9. The van der Waals surface area contributed by atoms with Gasteiger partial charge in [0.15, 0.2) is 0 Å². The van der Waals surface area contributed by atoms with Crippen molar-refractivity contribution in [1.29, 1.82) is 0 Å². The molecule has 0 saturated carbocycles. The first-order valence-corrected chi connectivity index (χ1v) is 6.58. The SMILES string of the molecule is CCC(C)CC(C)NC(=O)c1ccc(C(=O)O)cc1. The van der Waals surface area contributed by atoms with Gasteiger partial charge in [-0.15, -0.1) is 0 Å². The molecule has 0 aliphatic heterocycles. The average Bonchev–Trinajstić information content (AvgIpc) is 2.38. The molecule has 104 valence electrons. The monoisotopic (exact) mass is 263 g/mol. The van der Waals surface area contributed by atoms with Crippen molar-refractivity contribution >= 4 is 11.9 Å². The average molecular weight is 263 g/mol. The van der Waals surface area contributed by atoms with Gasteiger partial charge < -0.3 is 10.4 Å². The van der Waals surface area contributed by atoms with Crippen molar-refractivity contribution < 1.29 is 14.7 Å². The lowest BCUT2D eigenvalue weighted by atomic mass is 10.00. The Morgan fingerprint density at radius 1 is 1.16 bits per heavy atom. The molecule has 1 aromatic carbocycles. The van der Waals surface area contributed by atoms with Crippen LogP contribution >= 0.6 is 0 Å². The van der Waals surface area contributed by atoms with Crippen LogP contribution in [0.15, 0.2) is 24.3 Å². The van der Waals surface area contributed by atoms with Crippen LogP contribution in [0.4, 0.5) is 0 Å². The smallest absolute Gasteiger partial charge is 0.335 e. The summed E-state index contributed by atoms with van der Waals surface area (Å²) >= 11 is 0. The van der Waals surface area contributed by atoms with Gasteiger partial charge in [-0.1, -0.05) is 20.3 Å². The Labute approximate surface area is 113 Å². The minimum absolute atomic E-state index is 0.113. The Bertz CT molecular complexity index is 439. The minimum Gasteiger partial charge on any atom is -0.478 e. The number of hydrogen-bond donors (Lipinski definition) is 2. The molecule has 0 heterocycles. The van der Waals surface area contributed by atoms with Gasteiger partial charge in [-0.2, -0.15) is 0 Å². The highest BCUT2D eigenvalue weighted by Crippen LogP contribution is 2.10. The van der Waals surface area contributed by atoms with Crippen LogP contribution < -0.4 is 5.32 Å². The maximum Gasteiger partial charge on any atom is 0.335 e.